The normalized spacial score (nSPS) is 21.6. The molecule has 1 heterocycles. The van der Waals surface area contributed by atoms with Gasteiger partial charge >= 0.3 is 0 Å². The zero-order valence-corrected chi connectivity index (χ0v) is 9.00. The van der Waals surface area contributed by atoms with Gasteiger partial charge in [0, 0.05) is 18.2 Å². The summed E-state index contributed by atoms with van der Waals surface area (Å²) in [5, 5.41) is 9.13. The minimum absolute atomic E-state index is 0.0803. The molecule has 1 saturated heterocycles. The van der Waals surface area contributed by atoms with Crippen LogP contribution in [0.3, 0.4) is 0 Å². The average molecular weight is 227 g/mol. The van der Waals surface area contributed by atoms with Crippen LogP contribution < -0.4 is 0 Å². The molecule has 0 amide bonds. The van der Waals surface area contributed by atoms with Crippen molar-refractivity contribution >= 4 is 0 Å². The quantitative estimate of drug-likeness (QED) is 0.852. The van der Waals surface area contributed by atoms with Crippen molar-refractivity contribution in [3.8, 4) is 0 Å². The zero-order valence-electron chi connectivity index (χ0n) is 9.00. The molecule has 0 aromatic heterocycles. The van der Waals surface area contributed by atoms with Crippen molar-refractivity contribution < 1.29 is 13.9 Å². The number of hydrogen-bond donors (Lipinski definition) is 1. The molecule has 0 saturated carbocycles. The third kappa shape index (κ3) is 2.23. The average Bonchev–Trinajstić information content (AvgIpc) is 2.72. The Balaban J connectivity index is 2.11. The Labute approximate surface area is 93.5 Å². The van der Waals surface area contributed by atoms with Gasteiger partial charge in [0.15, 0.2) is 11.6 Å². The first-order chi connectivity index (χ1) is 7.72. The first kappa shape index (κ1) is 11.5. The lowest BCUT2D eigenvalue weighted by Gasteiger charge is -2.22. The van der Waals surface area contributed by atoms with E-state index in [9.17, 15) is 8.78 Å². The summed E-state index contributed by atoms with van der Waals surface area (Å²) in [5.41, 5.74) is 0.361. The highest BCUT2D eigenvalue weighted by Crippen LogP contribution is 2.21. The molecule has 0 aliphatic carbocycles. The summed E-state index contributed by atoms with van der Waals surface area (Å²) in [6.45, 7) is 1.28. The maximum Gasteiger partial charge on any atom is 0.163 e. The molecular weight excluding hydrogens is 212 g/mol. The van der Waals surface area contributed by atoms with Crippen LogP contribution in [0, 0.1) is 11.6 Å². The van der Waals surface area contributed by atoms with Gasteiger partial charge < -0.3 is 5.11 Å². The van der Waals surface area contributed by atoms with Crippen LogP contribution in [-0.2, 0) is 6.54 Å². The number of nitrogens with zero attached hydrogens (tertiary/aromatic N) is 1. The molecule has 2 rings (SSSR count). The van der Waals surface area contributed by atoms with Gasteiger partial charge in [0.2, 0.25) is 0 Å². The van der Waals surface area contributed by atoms with Crippen molar-refractivity contribution in [2.75, 3.05) is 13.2 Å². The molecule has 1 atom stereocenters. The molecule has 1 aliphatic rings. The largest absolute Gasteiger partial charge is 0.395 e. The molecule has 1 aromatic rings. The number of aliphatic hydroxyl groups is 1. The van der Waals surface area contributed by atoms with E-state index in [1.54, 1.807) is 6.07 Å². The fraction of sp³-hybridized carbons (Fsp3) is 0.500. The van der Waals surface area contributed by atoms with E-state index in [1.807, 2.05) is 4.90 Å². The predicted molar refractivity (Wildman–Crippen MR) is 56.9 cm³/mol. The Hall–Kier alpha value is -1.00. The SMILES string of the molecule is OCC1CCCN1Cc1cccc(F)c1F. The highest BCUT2D eigenvalue weighted by molar-refractivity contribution is 5.19. The van der Waals surface area contributed by atoms with Gasteiger partial charge in [0.25, 0.3) is 0 Å². The molecule has 4 heteroatoms. The van der Waals surface area contributed by atoms with Gasteiger partial charge in [-0.2, -0.15) is 0 Å². The van der Waals surface area contributed by atoms with Gasteiger partial charge in [-0.25, -0.2) is 8.78 Å². The van der Waals surface area contributed by atoms with Gasteiger partial charge in [-0.15, -0.1) is 0 Å². The number of aliphatic hydroxyl groups excluding tert-OH is 1. The van der Waals surface area contributed by atoms with Crippen molar-refractivity contribution in [1.82, 2.24) is 4.90 Å². The zero-order chi connectivity index (χ0) is 11.5. The summed E-state index contributed by atoms with van der Waals surface area (Å²) < 4.78 is 26.4. The van der Waals surface area contributed by atoms with Crippen LogP contribution in [0.4, 0.5) is 8.78 Å². The monoisotopic (exact) mass is 227 g/mol. The molecule has 0 radical (unpaired) electrons. The highest BCUT2D eigenvalue weighted by Gasteiger charge is 2.24. The number of benzene rings is 1. The summed E-state index contributed by atoms with van der Waals surface area (Å²) in [4.78, 5) is 2.00. The lowest BCUT2D eigenvalue weighted by molar-refractivity contribution is 0.152. The molecule has 1 fully saturated rings. The molecule has 1 aromatic carbocycles. The second-order valence-corrected chi connectivity index (χ2v) is 4.16. The molecule has 1 N–H and O–H groups in total. The summed E-state index contributed by atoms with van der Waals surface area (Å²) in [6, 6.07) is 4.30. The van der Waals surface area contributed by atoms with E-state index in [-0.39, 0.29) is 12.6 Å². The first-order valence-electron chi connectivity index (χ1n) is 5.50. The van der Waals surface area contributed by atoms with Gasteiger partial charge in [-0.3, -0.25) is 4.90 Å². The lowest BCUT2D eigenvalue weighted by Crippen LogP contribution is -2.32. The molecule has 1 unspecified atom stereocenters. The van der Waals surface area contributed by atoms with E-state index in [1.165, 1.54) is 6.07 Å². The molecule has 2 nitrogen and oxygen atoms in total. The second kappa shape index (κ2) is 4.89. The van der Waals surface area contributed by atoms with E-state index in [0.29, 0.717) is 12.1 Å². The van der Waals surface area contributed by atoms with Crippen molar-refractivity contribution in [2.24, 2.45) is 0 Å². The number of likely N-dealkylation sites (tertiary alicyclic amines) is 1. The van der Waals surface area contributed by atoms with Crippen molar-refractivity contribution in [3.05, 3.63) is 35.4 Å². The summed E-state index contributed by atoms with van der Waals surface area (Å²) >= 11 is 0. The van der Waals surface area contributed by atoms with Crippen molar-refractivity contribution in [3.63, 3.8) is 0 Å². The van der Waals surface area contributed by atoms with Crippen LogP contribution in [0.15, 0.2) is 18.2 Å². The fourth-order valence-electron chi connectivity index (χ4n) is 2.20. The second-order valence-electron chi connectivity index (χ2n) is 4.16. The van der Waals surface area contributed by atoms with Crippen molar-refractivity contribution in [1.29, 1.82) is 0 Å². The maximum absolute atomic E-state index is 13.4. The highest BCUT2D eigenvalue weighted by atomic mass is 19.2. The molecule has 0 spiro atoms. The van der Waals surface area contributed by atoms with Crippen LogP contribution in [0.2, 0.25) is 0 Å². The standard InChI is InChI=1S/C12H15F2NO/c13-11-5-1-3-9(12(11)14)7-15-6-2-4-10(15)8-16/h1,3,5,10,16H,2,4,6-8H2. The lowest BCUT2D eigenvalue weighted by atomic mass is 10.1. The Morgan fingerprint density at radius 2 is 2.19 bits per heavy atom. The minimum Gasteiger partial charge on any atom is -0.395 e. The van der Waals surface area contributed by atoms with E-state index in [4.69, 9.17) is 5.11 Å². The molecule has 88 valence electrons. The predicted octanol–water partition coefficient (Wildman–Crippen LogP) is 1.92. The number of halogens is 2. The summed E-state index contributed by atoms with van der Waals surface area (Å²) in [5.74, 6) is -1.58. The number of hydrogen-bond acceptors (Lipinski definition) is 2. The van der Waals surface area contributed by atoms with E-state index in [2.05, 4.69) is 0 Å². The van der Waals surface area contributed by atoms with Crippen LogP contribution in [0.5, 0.6) is 0 Å². The maximum atomic E-state index is 13.4. The van der Waals surface area contributed by atoms with Crippen molar-refractivity contribution in [2.45, 2.75) is 25.4 Å². The van der Waals surface area contributed by atoms with Crippen LogP contribution in [-0.4, -0.2) is 29.2 Å². The van der Waals surface area contributed by atoms with Crippen LogP contribution in [0.1, 0.15) is 18.4 Å². The Morgan fingerprint density at radius 3 is 2.94 bits per heavy atom. The Bertz CT molecular complexity index is 370. The molecular formula is C12H15F2NO. The molecule has 1 aliphatic heterocycles. The first-order valence-corrected chi connectivity index (χ1v) is 5.50. The van der Waals surface area contributed by atoms with Crippen LogP contribution in [0.25, 0.3) is 0 Å². The third-order valence-corrected chi connectivity index (χ3v) is 3.11. The van der Waals surface area contributed by atoms with Gasteiger partial charge in [0.1, 0.15) is 0 Å². The molecule has 0 bridgehead atoms. The van der Waals surface area contributed by atoms with E-state index < -0.39 is 11.6 Å². The third-order valence-electron chi connectivity index (χ3n) is 3.11. The minimum atomic E-state index is -0.808. The van der Waals surface area contributed by atoms with Gasteiger partial charge in [-0.1, -0.05) is 12.1 Å². The Morgan fingerprint density at radius 1 is 1.38 bits per heavy atom. The topological polar surface area (TPSA) is 23.5 Å². The van der Waals surface area contributed by atoms with E-state index >= 15 is 0 Å². The fourth-order valence-corrected chi connectivity index (χ4v) is 2.20. The van der Waals surface area contributed by atoms with E-state index in [0.717, 1.165) is 25.5 Å². The van der Waals surface area contributed by atoms with Gasteiger partial charge in [0.05, 0.1) is 6.61 Å². The molecule has 16 heavy (non-hydrogen) atoms. The summed E-state index contributed by atoms with van der Waals surface area (Å²) in [7, 11) is 0. The smallest absolute Gasteiger partial charge is 0.163 e. The van der Waals surface area contributed by atoms with Gasteiger partial charge in [-0.05, 0) is 25.5 Å². The summed E-state index contributed by atoms with van der Waals surface area (Å²) in [6.07, 6.45) is 1.93. The number of rotatable bonds is 3. The van der Waals surface area contributed by atoms with Crippen LogP contribution >= 0.6 is 0 Å². The Kier molecular flexibility index (Phi) is 3.51.